The van der Waals surface area contributed by atoms with Crippen molar-refractivity contribution in [3.05, 3.63) is 0 Å². The summed E-state index contributed by atoms with van der Waals surface area (Å²) in [5.74, 6) is 2.77. The van der Waals surface area contributed by atoms with Crippen molar-refractivity contribution in [2.24, 2.45) is 17.8 Å². The maximum atomic E-state index is 2.30. The fourth-order valence-electron chi connectivity index (χ4n) is 1.52. The van der Waals surface area contributed by atoms with Gasteiger partial charge < -0.3 is 0 Å². The second kappa shape index (κ2) is 17.4. The summed E-state index contributed by atoms with van der Waals surface area (Å²) in [6.45, 7) is 19.9. The van der Waals surface area contributed by atoms with Crippen LogP contribution in [0.2, 0.25) is 0 Å². The van der Waals surface area contributed by atoms with Gasteiger partial charge in [0.05, 0.1) is 0 Å². The molecule has 0 aromatic rings. The van der Waals surface area contributed by atoms with Gasteiger partial charge in [-0.2, -0.15) is 0 Å². The second-order valence-electron chi connectivity index (χ2n) is 4.74. The van der Waals surface area contributed by atoms with E-state index in [0.717, 1.165) is 17.8 Å². The van der Waals surface area contributed by atoms with Crippen molar-refractivity contribution in [2.45, 2.75) is 88.0 Å². The third kappa shape index (κ3) is 16.4. The molecule has 0 heteroatoms. The van der Waals surface area contributed by atoms with Crippen LogP contribution in [0.25, 0.3) is 0 Å². The van der Waals surface area contributed by atoms with Crippen molar-refractivity contribution in [1.29, 1.82) is 0 Å². The van der Waals surface area contributed by atoms with E-state index in [4.69, 9.17) is 0 Å². The van der Waals surface area contributed by atoms with E-state index < -0.39 is 0 Å². The molecule has 0 atom stereocenters. The molecule has 0 heterocycles. The van der Waals surface area contributed by atoms with Crippen LogP contribution in [-0.4, -0.2) is 0 Å². The van der Waals surface area contributed by atoms with Gasteiger partial charge in [0.15, 0.2) is 0 Å². The van der Waals surface area contributed by atoms with Crippen LogP contribution in [-0.2, 0) is 0 Å². The molecular weight excluding hydrogens is 192 g/mol. The van der Waals surface area contributed by atoms with Crippen LogP contribution in [0, 0.1) is 17.8 Å². The van der Waals surface area contributed by atoms with Gasteiger partial charge in [0.25, 0.3) is 0 Å². The van der Waals surface area contributed by atoms with Crippen LogP contribution in [0.15, 0.2) is 0 Å². The summed E-state index contributed by atoms with van der Waals surface area (Å²) in [6, 6.07) is 0. The first-order valence-corrected chi connectivity index (χ1v) is 7.53. The van der Waals surface area contributed by atoms with Gasteiger partial charge in [0.2, 0.25) is 0 Å². The molecule has 0 aliphatic rings. The Balaban J connectivity index is -0.000000188. The van der Waals surface area contributed by atoms with E-state index in [1.54, 1.807) is 0 Å². The molecule has 0 radical (unpaired) electrons. The van der Waals surface area contributed by atoms with E-state index in [9.17, 15) is 0 Å². The quantitative estimate of drug-likeness (QED) is 0.502. The van der Waals surface area contributed by atoms with E-state index in [2.05, 4.69) is 48.5 Å². The highest BCUT2D eigenvalue weighted by Gasteiger charge is 2.06. The Morgan fingerprint density at radius 3 is 0.938 bits per heavy atom. The SMILES string of the molecule is CC.CCC(C)CC.CCC(CC)C(C)C. The Bertz CT molecular complexity index is 86.2. The molecule has 16 heavy (non-hydrogen) atoms. The monoisotopic (exact) mass is 230 g/mol. The van der Waals surface area contributed by atoms with Crippen molar-refractivity contribution < 1.29 is 0 Å². The highest BCUT2D eigenvalue weighted by Crippen LogP contribution is 2.17. The van der Waals surface area contributed by atoms with E-state index in [1.165, 1.54) is 25.7 Å². The molecule has 102 valence electrons. The molecule has 0 aromatic heterocycles. The van der Waals surface area contributed by atoms with Crippen molar-refractivity contribution >= 4 is 0 Å². The van der Waals surface area contributed by atoms with Gasteiger partial charge in [-0.25, -0.2) is 0 Å². The lowest BCUT2D eigenvalue weighted by atomic mass is 9.91. The minimum atomic E-state index is 0.880. The molecule has 0 saturated heterocycles. The molecule has 0 aliphatic heterocycles. The average Bonchev–Trinajstić information content (AvgIpc) is 2.32. The lowest BCUT2D eigenvalue weighted by Crippen LogP contribution is -2.04. The van der Waals surface area contributed by atoms with Crippen LogP contribution in [0.1, 0.15) is 88.0 Å². The van der Waals surface area contributed by atoms with Gasteiger partial charge in [-0.3, -0.25) is 0 Å². The number of hydrogen-bond acceptors (Lipinski definition) is 0. The fourth-order valence-corrected chi connectivity index (χ4v) is 1.52. The maximum absolute atomic E-state index is 2.30. The van der Waals surface area contributed by atoms with E-state index in [-0.39, 0.29) is 0 Å². The van der Waals surface area contributed by atoms with Crippen molar-refractivity contribution in [3.63, 3.8) is 0 Å². The molecule has 0 N–H and O–H groups in total. The summed E-state index contributed by atoms with van der Waals surface area (Å²) in [5.41, 5.74) is 0. The van der Waals surface area contributed by atoms with E-state index >= 15 is 0 Å². The van der Waals surface area contributed by atoms with Gasteiger partial charge in [-0.1, -0.05) is 88.0 Å². The van der Waals surface area contributed by atoms with E-state index in [1.807, 2.05) is 13.8 Å². The van der Waals surface area contributed by atoms with E-state index in [0.29, 0.717) is 0 Å². The Morgan fingerprint density at radius 1 is 0.625 bits per heavy atom. The molecule has 0 nitrogen and oxygen atoms in total. The average molecular weight is 230 g/mol. The first-order valence-electron chi connectivity index (χ1n) is 7.53. The lowest BCUT2D eigenvalue weighted by Gasteiger charge is -2.15. The van der Waals surface area contributed by atoms with Crippen LogP contribution in [0.4, 0.5) is 0 Å². The Hall–Kier alpha value is 0. The number of hydrogen-bond donors (Lipinski definition) is 0. The summed E-state index contributed by atoms with van der Waals surface area (Å²) in [4.78, 5) is 0. The Labute approximate surface area is 106 Å². The molecule has 0 bridgehead atoms. The fraction of sp³-hybridized carbons (Fsp3) is 1.00. The predicted molar refractivity (Wildman–Crippen MR) is 80.0 cm³/mol. The molecular formula is C16H38. The normalized spacial score (nSPS) is 9.75. The van der Waals surface area contributed by atoms with Crippen molar-refractivity contribution in [3.8, 4) is 0 Å². The summed E-state index contributed by atoms with van der Waals surface area (Å²) in [7, 11) is 0. The lowest BCUT2D eigenvalue weighted by molar-refractivity contribution is 0.362. The highest BCUT2D eigenvalue weighted by atomic mass is 14.1. The Morgan fingerprint density at radius 2 is 0.938 bits per heavy atom. The first-order chi connectivity index (χ1) is 7.53. The predicted octanol–water partition coefficient (Wildman–Crippen LogP) is 6.55. The molecule has 0 aliphatic carbocycles. The third-order valence-electron chi connectivity index (χ3n) is 3.39. The minimum absolute atomic E-state index is 0.880. The zero-order valence-electron chi connectivity index (χ0n) is 13.6. The summed E-state index contributed by atoms with van der Waals surface area (Å²) >= 11 is 0. The van der Waals surface area contributed by atoms with Crippen LogP contribution >= 0.6 is 0 Å². The van der Waals surface area contributed by atoms with Gasteiger partial charge >= 0.3 is 0 Å². The van der Waals surface area contributed by atoms with Crippen LogP contribution < -0.4 is 0 Å². The van der Waals surface area contributed by atoms with Gasteiger partial charge in [0.1, 0.15) is 0 Å². The molecule has 0 unspecified atom stereocenters. The molecule has 0 saturated carbocycles. The molecule has 0 amide bonds. The first kappa shape index (κ1) is 21.3. The van der Waals surface area contributed by atoms with Crippen LogP contribution in [0.5, 0.6) is 0 Å². The van der Waals surface area contributed by atoms with Gasteiger partial charge in [0, 0.05) is 0 Å². The Kier molecular flexibility index (Phi) is 23.2. The molecule has 0 spiro atoms. The second-order valence-corrected chi connectivity index (χ2v) is 4.74. The zero-order valence-corrected chi connectivity index (χ0v) is 13.6. The topological polar surface area (TPSA) is 0 Å². The molecule has 0 fully saturated rings. The summed E-state index contributed by atoms with van der Waals surface area (Å²) < 4.78 is 0. The van der Waals surface area contributed by atoms with Crippen molar-refractivity contribution in [1.82, 2.24) is 0 Å². The molecule has 0 rings (SSSR count). The van der Waals surface area contributed by atoms with Crippen molar-refractivity contribution in [2.75, 3.05) is 0 Å². The third-order valence-corrected chi connectivity index (χ3v) is 3.39. The van der Waals surface area contributed by atoms with Gasteiger partial charge in [-0.05, 0) is 17.8 Å². The smallest absolute Gasteiger partial charge is 0.0396 e. The highest BCUT2D eigenvalue weighted by molar-refractivity contribution is 4.57. The summed E-state index contributed by atoms with van der Waals surface area (Å²) in [5, 5.41) is 0. The standard InChI is InChI=1S/C8H18.C6H14.C2H6/c1-5-8(6-2)7(3)4;1-4-6(3)5-2;1-2/h7-8H,5-6H2,1-4H3;6H,4-5H2,1-3H3;1-2H3. The number of rotatable bonds is 5. The maximum Gasteiger partial charge on any atom is -0.0396 e. The molecule has 0 aromatic carbocycles. The van der Waals surface area contributed by atoms with Gasteiger partial charge in [-0.15, -0.1) is 0 Å². The minimum Gasteiger partial charge on any atom is -0.0683 e. The van der Waals surface area contributed by atoms with Crippen LogP contribution in [0.3, 0.4) is 0 Å². The zero-order chi connectivity index (χ0) is 13.6. The summed E-state index contributed by atoms with van der Waals surface area (Å²) in [6.07, 6.45) is 5.34. The largest absolute Gasteiger partial charge is 0.0683 e.